The second kappa shape index (κ2) is 29.5. The number of furan rings is 2. The van der Waals surface area contributed by atoms with E-state index < -0.39 is 0 Å². The fourth-order valence-electron chi connectivity index (χ4n) is 20.0. The minimum absolute atomic E-state index is 0.841. The van der Waals surface area contributed by atoms with E-state index in [2.05, 4.69) is 474 Å². The van der Waals surface area contributed by atoms with Gasteiger partial charge >= 0.3 is 0 Å². The lowest BCUT2D eigenvalue weighted by molar-refractivity contribution is 0.670. The van der Waals surface area contributed by atoms with Crippen LogP contribution < -0.4 is 9.80 Å². The predicted octanol–water partition coefficient (Wildman–Crippen LogP) is 33.7. The third-order valence-electron chi connectivity index (χ3n) is 25.9. The van der Waals surface area contributed by atoms with Gasteiger partial charge in [-0.2, -0.15) is 0 Å². The number of benzene rings is 21. The standard InChI is InChI=1S/C120H76N4O2/c1-2-31-97-81(23-1)59-60-84-24-19-49-115(117(84)97)122(91-70-65-80(66-71-91)78-53-57-83(58-54-78)96-30-4-11-44-110(96)124-113-47-14-7-34-103(113)104-35-8-15-48-114(104)124)93-28-18-26-88(76-93)99-38-21-41-107-108-42-22-39-100(120(108)126-119(99)107)89-62-61-86-74-94(72-67-85(86)73-89)121(92-27-17-25-87(75-92)98-37-20-40-106-105-36-9-16-50-116(105)125-118(98)106)90-68-63-79(64-69-90)77-51-55-82(56-52-77)95-29-3-10-43-109(95)123-111-45-12-5-32-101(111)102-33-6-13-46-112(102)123/h1-76H. The Morgan fingerprint density at radius 2 is 0.508 bits per heavy atom. The van der Waals surface area contributed by atoms with Gasteiger partial charge in [-0.3, -0.25) is 0 Å². The van der Waals surface area contributed by atoms with E-state index in [1.807, 2.05) is 6.07 Å². The Bertz CT molecular complexity index is 8560. The molecule has 588 valence electrons. The SMILES string of the molecule is c1cc(-c2cccc3c2oc2ccccc23)cc(N(c2ccc(-c3ccc(-c4ccccc4-n4c5ccccc5c5ccccc54)cc3)cc2)c2ccc3cc(-c4cccc5c4oc4c(-c6cccc(N(c7ccc(-c8ccc(-c9ccccc9-n9c%10ccccc%10c%10ccccc%109)cc8)cc7)c7cccc8ccc9ccccc9c78)c6)cccc45)ccc3c2)c1. The molecule has 25 rings (SSSR count). The normalized spacial score (nSPS) is 11.8. The monoisotopic (exact) mass is 1600 g/mol. The summed E-state index contributed by atoms with van der Waals surface area (Å²) in [6, 6.07) is 168. The Balaban J connectivity index is 0.547. The molecule has 0 aliphatic rings. The molecule has 4 aromatic heterocycles. The van der Waals surface area contributed by atoms with Crippen LogP contribution in [0.5, 0.6) is 0 Å². The van der Waals surface area contributed by atoms with Crippen molar-refractivity contribution in [1.29, 1.82) is 0 Å². The van der Waals surface area contributed by atoms with Crippen LogP contribution >= 0.6 is 0 Å². The molecular formula is C120H76N4O2. The third-order valence-corrected chi connectivity index (χ3v) is 25.9. The number of rotatable bonds is 15. The molecule has 6 heteroatoms. The number of nitrogens with zero attached hydrogens (tertiary/aromatic N) is 4. The molecule has 0 aliphatic carbocycles. The number of para-hydroxylation sites is 10. The van der Waals surface area contributed by atoms with Crippen LogP contribution in [-0.2, 0) is 0 Å². The van der Waals surface area contributed by atoms with Crippen molar-refractivity contribution >= 4 is 154 Å². The fourth-order valence-corrected chi connectivity index (χ4v) is 20.0. The van der Waals surface area contributed by atoms with E-state index >= 15 is 0 Å². The van der Waals surface area contributed by atoms with Gasteiger partial charge < -0.3 is 27.8 Å². The average molecular weight is 1610 g/mol. The van der Waals surface area contributed by atoms with Gasteiger partial charge in [0, 0.05) is 105 Å². The molecule has 21 aromatic carbocycles. The predicted molar refractivity (Wildman–Crippen MR) is 530 cm³/mol. The highest BCUT2D eigenvalue weighted by molar-refractivity contribution is 6.18. The highest BCUT2D eigenvalue weighted by atomic mass is 16.3. The fraction of sp³-hybridized carbons (Fsp3) is 0. The first kappa shape index (κ1) is 72.1. The second-order valence-corrected chi connectivity index (χ2v) is 32.9. The summed E-state index contributed by atoms with van der Waals surface area (Å²) in [5, 5.41) is 16.3. The van der Waals surface area contributed by atoms with Gasteiger partial charge in [-0.25, -0.2) is 0 Å². The van der Waals surface area contributed by atoms with Gasteiger partial charge in [0.1, 0.15) is 22.3 Å². The molecule has 6 nitrogen and oxygen atoms in total. The van der Waals surface area contributed by atoms with E-state index in [4.69, 9.17) is 8.83 Å². The lowest BCUT2D eigenvalue weighted by Gasteiger charge is -2.28. The Hall–Kier alpha value is -16.8. The molecule has 126 heavy (non-hydrogen) atoms. The molecule has 4 heterocycles. The van der Waals surface area contributed by atoms with Crippen molar-refractivity contribution in [3.8, 4) is 89.3 Å². The number of fused-ring (bicyclic) bond motifs is 16. The first-order valence-corrected chi connectivity index (χ1v) is 43.2. The largest absolute Gasteiger partial charge is 0.455 e. The van der Waals surface area contributed by atoms with Crippen molar-refractivity contribution in [3.63, 3.8) is 0 Å². The first-order valence-electron chi connectivity index (χ1n) is 43.2. The summed E-state index contributed by atoms with van der Waals surface area (Å²) in [7, 11) is 0. The molecule has 0 spiro atoms. The maximum atomic E-state index is 7.35. The summed E-state index contributed by atoms with van der Waals surface area (Å²) in [4.78, 5) is 4.81. The molecule has 0 bridgehead atoms. The Morgan fingerprint density at radius 1 is 0.175 bits per heavy atom. The zero-order valence-electron chi connectivity index (χ0n) is 68.5. The minimum atomic E-state index is 0.841. The summed E-state index contributed by atoms with van der Waals surface area (Å²) < 4.78 is 18.9. The summed E-state index contributed by atoms with van der Waals surface area (Å²) in [6.45, 7) is 0. The van der Waals surface area contributed by atoms with Crippen LogP contribution in [0.15, 0.2) is 470 Å². The molecule has 0 fully saturated rings. The number of aromatic nitrogens is 2. The van der Waals surface area contributed by atoms with Gasteiger partial charge in [0.15, 0.2) is 0 Å². The Kier molecular flexibility index (Phi) is 16.9. The summed E-state index contributed by atoms with van der Waals surface area (Å²) >= 11 is 0. The highest BCUT2D eigenvalue weighted by Crippen LogP contribution is 2.49. The Labute approximate surface area is 727 Å². The quantitative estimate of drug-likeness (QED) is 0.0960. The van der Waals surface area contributed by atoms with E-state index in [0.717, 1.165) is 167 Å². The number of hydrogen-bond acceptors (Lipinski definition) is 4. The first-order chi connectivity index (χ1) is 62.5. The molecule has 0 aliphatic heterocycles. The van der Waals surface area contributed by atoms with E-state index in [9.17, 15) is 0 Å². The van der Waals surface area contributed by atoms with Crippen LogP contribution in [0.25, 0.3) is 209 Å². The van der Waals surface area contributed by atoms with Crippen molar-refractivity contribution in [2.75, 3.05) is 9.80 Å². The molecular weight excluding hydrogens is 1530 g/mol. The smallest absolute Gasteiger partial charge is 0.143 e. The van der Waals surface area contributed by atoms with Crippen LogP contribution in [0.4, 0.5) is 34.1 Å². The highest BCUT2D eigenvalue weighted by Gasteiger charge is 2.25. The maximum absolute atomic E-state index is 7.35. The number of hydrogen-bond donors (Lipinski definition) is 0. The van der Waals surface area contributed by atoms with Crippen molar-refractivity contribution in [1.82, 2.24) is 9.13 Å². The zero-order chi connectivity index (χ0) is 82.9. The Morgan fingerprint density at radius 3 is 1.05 bits per heavy atom. The van der Waals surface area contributed by atoms with Crippen LogP contribution in [-0.4, -0.2) is 9.13 Å². The van der Waals surface area contributed by atoms with Crippen molar-refractivity contribution < 1.29 is 8.83 Å². The van der Waals surface area contributed by atoms with E-state index in [-0.39, 0.29) is 0 Å². The molecule has 0 N–H and O–H groups in total. The molecule has 0 atom stereocenters. The van der Waals surface area contributed by atoms with Crippen LogP contribution in [0.3, 0.4) is 0 Å². The third kappa shape index (κ3) is 11.9. The van der Waals surface area contributed by atoms with Crippen LogP contribution in [0.1, 0.15) is 0 Å². The lowest BCUT2D eigenvalue weighted by atomic mass is 9.97. The van der Waals surface area contributed by atoms with E-state index in [1.54, 1.807) is 0 Å². The molecule has 0 unspecified atom stereocenters. The van der Waals surface area contributed by atoms with Crippen LogP contribution in [0, 0.1) is 0 Å². The molecule has 0 saturated heterocycles. The minimum Gasteiger partial charge on any atom is -0.455 e. The summed E-state index contributed by atoms with van der Waals surface area (Å²) in [5.74, 6) is 0. The van der Waals surface area contributed by atoms with E-state index in [1.165, 1.54) is 76.3 Å². The van der Waals surface area contributed by atoms with Gasteiger partial charge in [-0.1, -0.05) is 346 Å². The van der Waals surface area contributed by atoms with Crippen LogP contribution in [0.2, 0.25) is 0 Å². The van der Waals surface area contributed by atoms with Crippen molar-refractivity contribution in [2.24, 2.45) is 0 Å². The summed E-state index contributed by atoms with van der Waals surface area (Å²) in [6.07, 6.45) is 0. The molecule has 0 saturated carbocycles. The maximum Gasteiger partial charge on any atom is 0.143 e. The number of anilines is 6. The van der Waals surface area contributed by atoms with Crippen molar-refractivity contribution in [3.05, 3.63) is 461 Å². The van der Waals surface area contributed by atoms with Gasteiger partial charge in [-0.05, 0) is 192 Å². The van der Waals surface area contributed by atoms with Gasteiger partial charge in [0.2, 0.25) is 0 Å². The topological polar surface area (TPSA) is 42.6 Å². The summed E-state index contributed by atoms with van der Waals surface area (Å²) in [5.41, 5.74) is 32.2. The molecule has 0 amide bonds. The van der Waals surface area contributed by atoms with Gasteiger partial charge in [-0.15, -0.1) is 0 Å². The van der Waals surface area contributed by atoms with Crippen molar-refractivity contribution in [2.45, 2.75) is 0 Å². The van der Waals surface area contributed by atoms with E-state index in [0.29, 0.717) is 0 Å². The second-order valence-electron chi connectivity index (χ2n) is 32.9. The average Bonchev–Trinajstić information content (AvgIpc) is 1.52. The van der Waals surface area contributed by atoms with Gasteiger partial charge in [0.25, 0.3) is 0 Å². The zero-order valence-corrected chi connectivity index (χ0v) is 68.5. The molecule has 0 radical (unpaired) electrons. The molecule has 25 aromatic rings. The lowest BCUT2D eigenvalue weighted by Crippen LogP contribution is -2.10. The van der Waals surface area contributed by atoms with Gasteiger partial charge in [0.05, 0.1) is 39.1 Å².